The lowest BCUT2D eigenvalue weighted by Gasteiger charge is -2.27. The van der Waals surface area contributed by atoms with Crippen molar-refractivity contribution in [2.24, 2.45) is 0 Å². The Labute approximate surface area is 113 Å². The molecule has 1 heterocycles. The highest BCUT2D eigenvalue weighted by Gasteiger charge is 2.31. The van der Waals surface area contributed by atoms with Gasteiger partial charge >= 0.3 is 0 Å². The molecule has 0 bridgehead atoms. The number of nitrogens with one attached hydrogen (secondary N) is 1. The van der Waals surface area contributed by atoms with Crippen LogP contribution >= 0.6 is 11.3 Å². The molecule has 6 heteroatoms. The van der Waals surface area contributed by atoms with Gasteiger partial charge in [-0.2, -0.15) is 0 Å². The number of hydrogen-bond acceptors (Lipinski definition) is 5. The average Bonchev–Trinajstić information content (AvgIpc) is 2.67. The first-order valence-electron chi connectivity index (χ1n) is 5.73. The van der Waals surface area contributed by atoms with Crippen molar-refractivity contribution in [2.75, 3.05) is 19.3 Å². The first kappa shape index (κ1) is 15.6. The molecule has 1 rings (SSSR count). The smallest absolute Gasteiger partial charge is 0.153 e. The minimum absolute atomic E-state index is 0.313. The van der Waals surface area contributed by atoms with Crippen LogP contribution in [0.15, 0.2) is 17.5 Å². The molecule has 0 aromatic carbocycles. The fraction of sp³-hybridized carbons (Fsp3) is 0.667. The summed E-state index contributed by atoms with van der Waals surface area (Å²) >= 11 is 1.49. The fourth-order valence-corrected chi connectivity index (χ4v) is 2.56. The summed E-state index contributed by atoms with van der Waals surface area (Å²) in [5, 5.41) is 15.2. The molecule has 0 spiro atoms. The maximum Gasteiger partial charge on any atom is 0.153 e. The molecule has 4 nitrogen and oxygen atoms in total. The van der Waals surface area contributed by atoms with Gasteiger partial charge in [-0.3, -0.25) is 0 Å². The highest BCUT2D eigenvalue weighted by atomic mass is 32.2. The Morgan fingerprint density at radius 3 is 2.39 bits per heavy atom. The Hall–Kier alpha value is -0.430. The lowest BCUT2D eigenvalue weighted by molar-refractivity contribution is 0.0604. The Morgan fingerprint density at radius 1 is 1.33 bits per heavy atom. The van der Waals surface area contributed by atoms with Crippen LogP contribution in [0.4, 0.5) is 0 Å². The van der Waals surface area contributed by atoms with E-state index in [0.717, 1.165) is 4.88 Å². The molecule has 0 radical (unpaired) electrons. The van der Waals surface area contributed by atoms with Crippen LogP contribution in [0.1, 0.15) is 25.6 Å². The molecule has 0 fully saturated rings. The second kappa shape index (κ2) is 5.28. The van der Waals surface area contributed by atoms with Crippen LogP contribution in [-0.2, 0) is 15.4 Å². The van der Waals surface area contributed by atoms with E-state index in [1.807, 2.05) is 17.5 Å². The van der Waals surface area contributed by atoms with E-state index in [9.17, 15) is 13.5 Å². The second-order valence-corrected chi connectivity index (χ2v) is 8.98. The summed E-state index contributed by atoms with van der Waals surface area (Å²) in [4.78, 5) is 0.868. The van der Waals surface area contributed by atoms with Crippen LogP contribution in [0.3, 0.4) is 0 Å². The SMILES string of the molecule is CC(O)(CNCC(C)(C)S(C)(=O)=O)c1cccs1. The minimum Gasteiger partial charge on any atom is -0.383 e. The normalized spacial score (nSPS) is 16.5. The maximum atomic E-state index is 11.5. The molecule has 1 unspecified atom stereocenters. The van der Waals surface area contributed by atoms with E-state index in [-0.39, 0.29) is 0 Å². The number of hydrogen-bond donors (Lipinski definition) is 2. The zero-order chi connectivity index (χ0) is 14.0. The Kier molecular flexibility index (Phi) is 4.59. The molecule has 1 aromatic heterocycles. The van der Waals surface area contributed by atoms with Crippen LogP contribution in [0.25, 0.3) is 0 Å². The molecular formula is C12H21NO3S2. The van der Waals surface area contributed by atoms with Gasteiger partial charge in [0, 0.05) is 24.2 Å². The van der Waals surface area contributed by atoms with Gasteiger partial charge in [0.25, 0.3) is 0 Å². The summed E-state index contributed by atoms with van der Waals surface area (Å²) < 4.78 is 22.2. The molecule has 0 saturated carbocycles. The van der Waals surface area contributed by atoms with Crippen LogP contribution in [-0.4, -0.2) is 37.6 Å². The predicted octanol–water partition coefficient (Wildman–Crippen LogP) is 1.37. The number of rotatable bonds is 6. The van der Waals surface area contributed by atoms with Gasteiger partial charge in [-0.05, 0) is 32.2 Å². The van der Waals surface area contributed by atoms with Crippen molar-refractivity contribution in [2.45, 2.75) is 31.1 Å². The Balaban J connectivity index is 2.58. The van der Waals surface area contributed by atoms with Gasteiger partial charge in [0.1, 0.15) is 5.60 Å². The molecule has 0 amide bonds. The van der Waals surface area contributed by atoms with Gasteiger partial charge in [-0.25, -0.2) is 8.42 Å². The molecule has 0 aliphatic carbocycles. The summed E-state index contributed by atoms with van der Waals surface area (Å²) in [5.41, 5.74) is -0.970. The average molecular weight is 291 g/mol. The van der Waals surface area contributed by atoms with Gasteiger partial charge in [0.2, 0.25) is 0 Å². The zero-order valence-electron chi connectivity index (χ0n) is 11.2. The third-order valence-corrected chi connectivity index (χ3v) is 6.35. The van der Waals surface area contributed by atoms with Gasteiger partial charge in [0.05, 0.1) is 4.75 Å². The van der Waals surface area contributed by atoms with E-state index >= 15 is 0 Å². The van der Waals surface area contributed by atoms with Crippen molar-refractivity contribution < 1.29 is 13.5 Å². The van der Waals surface area contributed by atoms with Gasteiger partial charge in [0.15, 0.2) is 9.84 Å². The highest BCUT2D eigenvalue weighted by Crippen LogP contribution is 2.24. The van der Waals surface area contributed by atoms with E-state index in [0.29, 0.717) is 13.1 Å². The van der Waals surface area contributed by atoms with Crippen LogP contribution in [0.5, 0.6) is 0 Å². The lowest BCUT2D eigenvalue weighted by Crippen LogP contribution is -2.45. The van der Waals surface area contributed by atoms with Crippen LogP contribution in [0, 0.1) is 0 Å². The molecule has 104 valence electrons. The van der Waals surface area contributed by atoms with Gasteiger partial charge in [-0.1, -0.05) is 6.07 Å². The molecule has 18 heavy (non-hydrogen) atoms. The summed E-state index contributed by atoms with van der Waals surface area (Å²) in [6, 6.07) is 3.75. The number of aliphatic hydroxyl groups is 1. The molecule has 0 saturated heterocycles. The third-order valence-electron chi connectivity index (χ3n) is 3.08. The molecule has 1 aromatic rings. The van der Waals surface area contributed by atoms with Crippen LogP contribution in [0.2, 0.25) is 0 Å². The Bertz CT molecular complexity index is 475. The number of thiophene rings is 1. The summed E-state index contributed by atoms with van der Waals surface area (Å²) in [6.07, 6.45) is 1.23. The van der Waals surface area contributed by atoms with E-state index in [2.05, 4.69) is 5.32 Å². The predicted molar refractivity (Wildman–Crippen MR) is 75.7 cm³/mol. The number of sulfone groups is 1. The van der Waals surface area contributed by atoms with Crippen molar-refractivity contribution in [1.82, 2.24) is 5.32 Å². The fourth-order valence-electron chi connectivity index (χ4n) is 1.41. The third kappa shape index (κ3) is 3.78. The van der Waals surface area contributed by atoms with E-state index in [1.54, 1.807) is 20.8 Å². The first-order valence-corrected chi connectivity index (χ1v) is 8.50. The van der Waals surface area contributed by atoms with Crippen molar-refractivity contribution in [3.8, 4) is 0 Å². The largest absolute Gasteiger partial charge is 0.383 e. The minimum atomic E-state index is -3.12. The van der Waals surface area contributed by atoms with Gasteiger partial charge < -0.3 is 10.4 Å². The van der Waals surface area contributed by atoms with Crippen molar-refractivity contribution in [1.29, 1.82) is 0 Å². The topological polar surface area (TPSA) is 66.4 Å². The van der Waals surface area contributed by atoms with Gasteiger partial charge in [-0.15, -0.1) is 11.3 Å². The van der Waals surface area contributed by atoms with Crippen molar-refractivity contribution >= 4 is 21.2 Å². The molecular weight excluding hydrogens is 270 g/mol. The van der Waals surface area contributed by atoms with Crippen molar-refractivity contribution in [3.63, 3.8) is 0 Å². The molecule has 0 aliphatic rings. The summed E-state index contributed by atoms with van der Waals surface area (Å²) in [6.45, 7) is 5.71. The van der Waals surface area contributed by atoms with Crippen LogP contribution < -0.4 is 5.32 Å². The zero-order valence-corrected chi connectivity index (χ0v) is 12.9. The molecule has 1 atom stereocenters. The quantitative estimate of drug-likeness (QED) is 0.831. The summed E-state index contributed by atoms with van der Waals surface area (Å²) in [5.74, 6) is 0. The van der Waals surface area contributed by atoms with Crippen molar-refractivity contribution in [3.05, 3.63) is 22.4 Å². The highest BCUT2D eigenvalue weighted by molar-refractivity contribution is 7.92. The van der Waals surface area contributed by atoms with E-state index in [4.69, 9.17) is 0 Å². The Morgan fingerprint density at radius 2 is 1.94 bits per heavy atom. The molecule has 2 N–H and O–H groups in total. The lowest BCUT2D eigenvalue weighted by atomic mass is 10.0. The maximum absolute atomic E-state index is 11.5. The monoisotopic (exact) mass is 291 g/mol. The second-order valence-electron chi connectivity index (χ2n) is 5.39. The molecule has 0 aliphatic heterocycles. The van der Waals surface area contributed by atoms with E-state index < -0.39 is 20.2 Å². The standard InChI is InChI=1S/C12H21NO3S2/c1-11(2,18(4,15)16)8-13-9-12(3,14)10-6-5-7-17-10/h5-7,13-14H,8-9H2,1-4H3. The summed E-state index contributed by atoms with van der Waals surface area (Å²) in [7, 11) is -3.12. The van der Waals surface area contributed by atoms with E-state index in [1.165, 1.54) is 17.6 Å². The first-order chi connectivity index (χ1) is 8.06.